The van der Waals surface area contributed by atoms with Crippen LogP contribution in [0.5, 0.6) is 0 Å². The lowest BCUT2D eigenvalue weighted by molar-refractivity contribution is -0.263. The van der Waals surface area contributed by atoms with Crippen molar-refractivity contribution in [1.29, 1.82) is 0 Å². The van der Waals surface area contributed by atoms with Crippen LogP contribution in [0.25, 0.3) is 11.1 Å². The minimum Gasteiger partial charge on any atom is -0.856 e. The fourth-order valence-electron chi connectivity index (χ4n) is 7.41. The summed E-state index contributed by atoms with van der Waals surface area (Å²) < 4.78 is 57.3. The second-order valence-corrected chi connectivity index (χ2v) is 18.4. The number of carbonyl (C=O) groups is 3. The van der Waals surface area contributed by atoms with Gasteiger partial charge in [0.2, 0.25) is 0 Å². The summed E-state index contributed by atoms with van der Waals surface area (Å²) >= 11 is 10.2. The van der Waals surface area contributed by atoms with Crippen LogP contribution in [0, 0.1) is 20.8 Å². The molecule has 0 radical (unpaired) electrons. The smallest absolute Gasteiger partial charge is 0.419 e. The summed E-state index contributed by atoms with van der Waals surface area (Å²) in [5.74, 6) is -2.10. The van der Waals surface area contributed by atoms with Crippen molar-refractivity contribution in [2.45, 2.75) is 105 Å². The summed E-state index contributed by atoms with van der Waals surface area (Å²) in [7, 11) is 1.39. The first-order valence-electron chi connectivity index (χ1n) is 22.1. The molecule has 0 bridgehead atoms. The summed E-state index contributed by atoms with van der Waals surface area (Å²) in [6.07, 6.45) is -1.25. The van der Waals surface area contributed by atoms with E-state index in [1.807, 2.05) is 101 Å². The van der Waals surface area contributed by atoms with Gasteiger partial charge in [-0.3, -0.25) is 24.3 Å². The Labute approximate surface area is 428 Å². The molecule has 3 aromatic carbocycles. The second-order valence-electron chi connectivity index (χ2n) is 16.0. The van der Waals surface area contributed by atoms with Gasteiger partial charge in [-0.1, -0.05) is 59.9 Å². The van der Waals surface area contributed by atoms with Gasteiger partial charge in [-0.15, -0.1) is 0 Å². The Kier molecular flexibility index (Phi) is 25.7. The monoisotopic (exact) mass is 1160 g/mol. The van der Waals surface area contributed by atoms with Crippen molar-refractivity contribution in [3.63, 3.8) is 0 Å². The predicted molar refractivity (Wildman–Crippen MR) is 270 cm³/mol. The zero-order valence-corrected chi connectivity index (χ0v) is 45.4. The average molecular weight is 1160 g/mol. The number of benzene rings is 3. The number of carbonyl (C=O) groups excluding carboxylic acids is 3. The Morgan fingerprint density at radius 1 is 0.783 bits per heavy atom. The standard InChI is InChI=1S/C19H22N2O2.C14H18BrNO2.C10H10Br2O2.C7H12F3NO2.FH/c1-4-23-12-14(3)21-11-17-9-16(15-6-5-7-20-10-15)8-13(2)18(17)19(21)22;1-4-18-8-10(3)16-7-11-6-12(15)5-9(2)13(11)14(16)17;1-6-3-8(12)4-7(5-11)9(6)10(13)14-2;1-3-13-4-5(2)11-6(12)7(8,9)10;/h5-10,14H,4,11-12H2,1-3H3;5-6,10H,4,7-8H2,1-3H3;3-4H,5H2,1-2H3;5H,3-4H2,1-2H3,(H,11,12);1H/p-1. The third-order valence-corrected chi connectivity index (χ3v) is 12.2. The van der Waals surface area contributed by atoms with Gasteiger partial charge in [0.05, 0.1) is 56.5 Å². The van der Waals surface area contributed by atoms with E-state index in [-0.39, 0.29) is 41.2 Å². The lowest BCUT2D eigenvalue weighted by Crippen LogP contribution is -2.36. The third kappa shape index (κ3) is 17.5. The molecular formula is C50H62Br3F4N4O8-. The van der Waals surface area contributed by atoms with Crippen LogP contribution in [0.15, 0.2) is 74.9 Å². The minimum atomic E-state index is -4.87. The summed E-state index contributed by atoms with van der Waals surface area (Å²) in [5.41, 5.74) is 10.7. The first kappa shape index (κ1) is 60.9. The number of alkyl halides is 4. The van der Waals surface area contributed by atoms with Crippen LogP contribution in [0.4, 0.5) is 17.9 Å². The van der Waals surface area contributed by atoms with Crippen molar-refractivity contribution in [2.24, 2.45) is 4.99 Å². The number of aryl methyl sites for hydroxylation is 3. The minimum absolute atomic E-state index is 0. The van der Waals surface area contributed by atoms with Crippen LogP contribution >= 0.6 is 47.8 Å². The lowest BCUT2D eigenvalue weighted by Gasteiger charge is -2.23. The SMILES string of the molecule is CCOCC(C)N1Cc2cc(-c3cccnc3)cc(C)c2C1=O.CCOCC(C)N1Cc2cc(Br)cc(C)c2C1=O.CCOCC(C)N=C([O-])C(F)(F)F.COC(=O)c1c(C)cc(Br)cc1CBr.F. The Morgan fingerprint density at radius 3 is 1.75 bits per heavy atom. The van der Waals surface area contributed by atoms with Crippen LogP contribution in [0.2, 0.25) is 0 Å². The second kappa shape index (κ2) is 29.2. The Morgan fingerprint density at radius 2 is 1.28 bits per heavy atom. The fraction of sp³-hybridized carbons (Fsp3) is 0.460. The molecule has 3 atom stereocenters. The van der Waals surface area contributed by atoms with Crippen LogP contribution in [0.3, 0.4) is 0 Å². The normalized spacial score (nSPS) is 14.2. The van der Waals surface area contributed by atoms with E-state index in [0.717, 1.165) is 64.6 Å². The van der Waals surface area contributed by atoms with Crippen molar-refractivity contribution in [2.75, 3.05) is 46.8 Å². The molecule has 0 saturated heterocycles. The molecule has 0 fully saturated rings. The largest absolute Gasteiger partial charge is 0.856 e. The van der Waals surface area contributed by atoms with E-state index < -0.39 is 18.1 Å². The molecule has 0 aliphatic carbocycles. The highest BCUT2D eigenvalue weighted by atomic mass is 79.9. The van der Waals surface area contributed by atoms with E-state index in [1.54, 1.807) is 13.1 Å². The van der Waals surface area contributed by atoms with Crippen LogP contribution in [-0.2, 0) is 37.4 Å². The third-order valence-electron chi connectivity index (χ3n) is 10.7. The van der Waals surface area contributed by atoms with Crippen LogP contribution in [-0.4, -0.2) is 110 Å². The molecule has 0 spiro atoms. The number of hydrogen-bond donors (Lipinski definition) is 0. The number of nitrogens with zero attached hydrogens (tertiary/aromatic N) is 4. The van der Waals surface area contributed by atoms with E-state index in [4.69, 9.17) is 18.9 Å². The molecule has 3 unspecified atom stereocenters. The molecule has 2 amide bonds. The van der Waals surface area contributed by atoms with Gasteiger partial charge in [-0.05, 0) is 138 Å². The van der Waals surface area contributed by atoms with Gasteiger partial charge in [-0.25, -0.2) is 4.79 Å². The number of aliphatic imine (C=N–C) groups is 1. The number of fused-ring (bicyclic) bond motifs is 2. The van der Waals surface area contributed by atoms with Crippen molar-refractivity contribution in [3.05, 3.63) is 120 Å². The molecule has 0 N–H and O–H groups in total. The molecule has 3 heterocycles. The van der Waals surface area contributed by atoms with E-state index in [2.05, 4.69) is 69.9 Å². The van der Waals surface area contributed by atoms with Gasteiger partial charge in [0.25, 0.3) is 11.8 Å². The van der Waals surface area contributed by atoms with Gasteiger partial charge in [-0.2, -0.15) is 13.2 Å². The Hall–Kier alpha value is -4.27. The highest BCUT2D eigenvalue weighted by Gasteiger charge is 2.34. The number of hydrogen-bond acceptors (Lipinski definition) is 10. The van der Waals surface area contributed by atoms with Gasteiger partial charge in [0.1, 0.15) is 0 Å². The van der Waals surface area contributed by atoms with Crippen LogP contribution in [0.1, 0.15) is 106 Å². The van der Waals surface area contributed by atoms with E-state index in [0.29, 0.717) is 57.0 Å². The molecule has 2 aliphatic heterocycles. The van der Waals surface area contributed by atoms with Gasteiger partial charge < -0.3 is 33.9 Å². The number of pyridine rings is 1. The predicted octanol–water partition coefficient (Wildman–Crippen LogP) is 10.9. The maximum Gasteiger partial charge on any atom is 0.419 e. The van der Waals surface area contributed by atoms with Crippen molar-refractivity contribution >= 4 is 71.5 Å². The number of methoxy groups -OCH3 is 1. The first-order chi connectivity index (χ1) is 32.1. The first-order valence-corrected chi connectivity index (χ1v) is 24.8. The molecule has 1 aromatic heterocycles. The van der Waals surface area contributed by atoms with Crippen molar-refractivity contribution in [1.82, 2.24) is 14.8 Å². The maximum atomic E-state index is 12.7. The topological polar surface area (TPSA) is 143 Å². The molecule has 6 rings (SSSR count). The number of amides is 2. The van der Waals surface area contributed by atoms with Crippen molar-refractivity contribution in [3.8, 4) is 11.1 Å². The average Bonchev–Trinajstić information content (AvgIpc) is 3.82. The zero-order valence-electron chi connectivity index (χ0n) is 40.6. The number of halogens is 7. The van der Waals surface area contributed by atoms with Gasteiger partial charge >= 0.3 is 12.1 Å². The summed E-state index contributed by atoms with van der Waals surface area (Å²) in [6.45, 7) is 21.3. The molecular weight excluding hydrogens is 1100 g/mol. The molecule has 0 saturated carbocycles. The molecule has 380 valence electrons. The highest BCUT2D eigenvalue weighted by Crippen LogP contribution is 2.33. The maximum absolute atomic E-state index is 12.7. The summed E-state index contributed by atoms with van der Waals surface area (Å²) in [4.78, 5) is 47.5. The number of esters is 1. The van der Waals surface area contributed by atoms with Gasteiger partial charge in [0, 0.05) is 76.3 Å². The van der Waals surface area contributed by atoms with Crippen LogP contribution < -0.4 is 5.11 Å². The molecule has 19 heteroatoms. The fourth-order valence-corrected chi connectivity index (χ4v) is 9.09. The number of ether oxygens (including phenoxy) is 4. The lowest BCUT2D eigenvalue weighted by atomic mass is 9.97. The van der Waals surface area contributed by atoms with E-state index in [1.165, 1.54) is 14.0 Å². The number of rotatable bonds is 15. The molecule has 69 heavy (non-hydrogen) atoms. The summed E-state index contributed by atoms with van der Waals surface area (Å²) in [6, 6.07) is 15.4. The quantitative estimate of drug-likeness (QED) is 0.0374. The molecule has 12 nitrogen and oxygen atoms in total. The van der Waals surface area contributed by atoms with Gasteiger partial charge in [0.15, 0.2) is 0 Å². The Balaban J connectivity index is 0.000000323. The zero-order chi connectivity index (χ0) is 50.9. The molecule has 4 aromatic rings. The highest BCUT2D eigenvalue weighted by molar-refractivity contribution is 9.10. The Bertz CT molecular complexity index is 2360. The number of aromatic nitrogens is 1. The summed E-state index contributed by atoms with van der Waals surface area (Å²) in [5, 5.41) is 10.9. The van der Waals surface area contributed by atoms with Crippen molar-refractivity contribution < 1.29 is 56.3 Å². The van der Waals surface area contributed by atoms with E-state index in [9.17, 15) is 32.7 Å². The molecule has 2 aliphatic rings. The van der Waals surface area contributed by atoms with E-state index >= 15 is 0 Å².